The lowest BCUT2D eigenvalue weighted by Crippen LogP contribution is -2.29. The van der Waals surface area contributed by atoms with Gasteiger partial charge in [-0.1, -0.05) is 6.92 Å². The Morgan fingerprint density at radius 2 is 2.26 bits per heavy atom. The molecule has 2 aliphatic rings. The normalized spacial score (nSPS) is 24.4. The van der Waals surface area contributed by atoms with Gasteiger partial charge in [-0.2, -0.15) is 11.8 Å². The SMILES string of the molecule is CCCNC(c1nc2c(s1)CCCC2)C1CCSC1. The summed E-state index contributed by atoms with van der Waals surface area (Å²) in [4.78, 5) is 6.57. The highest BCUT2D eigenvalue weighted by molar-refractivity contribution is 7.99. The molecule has 0 bridgehead atoms. The fourth-order valence-electron chi connectivity index (χ4n) is 3.08. The van der Waals surface area contributed by atoms with Crippen molar-refractivity contribution in [3.05, 3.63) is 15.6 Å². The van der Waals surface area contributed by atoms with E-state index in [1.807, 2.05) is 11.3 Å². The van der Waals surface area contributed by atoms with E-state index in [4.69, 9.17) is 4.98 Å². The summed E-state index contributed by atoms with van der Waals surface area (Å²) in [5.41, 5.74) is 1.42. The van der Waals surface area contributed by atoms with E-state index in [2.05, 4.69) is 24.0 Å². The second-order valence-corrected chi connectivity index (χ2v) is 7.95. The molecule has 1 saturated heterocycles. The topological polar surface area (TPSA) is 24.9 Å². The molecule has 0 aromatic carbocycles. The second-order valence-electron chi connectivity index (χ2n) is 5.68. The van der Waals surface area contributed by atoms with Crippen LogP contribution in [-0.2, 0) is 12.8 Å². The largest absolute Gasteiger partial charge is 0.308 e. The van der Waals surface area contributed by atoms with Gasteiger partial charge in [-0.15, -0.1) is 11.3 Å². The van der Waals surface area contributed by atoms with Crippen molar-refractivity contribution >= 4 is 23.1 Å². The summed E-state index contributed by atoms with van der Waals surface area (Å²) < 4.78 is 0. The summed E-state index contributed by atoms with van der Waals surface area (Å²) >= 11 is 4.11. The van der Waals surface area contributed by atoms with Gasteiger partial charge >= 0.3 is 0 Å². The number of hydrogen-bond acceptors (Lipinski definition) is 4. The molecule has 0 saturated carbocycles. The smallest absolute Gasteiger partial charge is 0.110 e. The van der Waals surface area contributed by atoms with E-state index < -0.39 is 0 Å². The van der Waals surface area contributed by atoms with E-state index in [9.17, 15) is 0 Å². The number of thioether (sulfide) groups is 1. The van der Waals surface area contributed by atoms with E-state index in [1.165, 1.54) is 60.7 Å². The maximum Gasteiger partial charge on any atom is 0.110 e. The molecule has 0 spiro atoms. The molecule has 106 valence electrons. The predicted octanol–water partition coefficient (Wildman–Crippen LogP) is 3.82. The molecule has 19 heavy (non-hydrogen) atoms. The second kappa shape index (κ2) is 6.59. The minimum absolute atomic E-state index is 0.519. The molecule has 1 aliphatic heterocycles. The summed E-state index contributed by atoms with van der Waals surface area (Å²) in [7, 11) is 0. The molecule has 1 aliphatic carbocycles. The number of hydrogen-bond donors (Lipinski definition) is 1. The van der Waals surface area contributed by atoms with Crippen LogP contribution in [0.3, 0.4) is 0 Å². The zero-order valence-corrected chi connectivity index (χ0v) is 13.4. The van der Waals surface area contributed by atoms with Gasteiger partial charge in [0, 0.05) is 4.88 Å². The van der Waals surface area contributed by atoms with Crippen LogP contribution < -0.4 is 5.32 Å². The molecule has 2 heterocycles. The molecule has 1 aromatic rings. The minimum atomic E-state index is 0.519. The fourth-order valence-corrected chi connectivity index (χ4v) is 5.70. The van der Waals surface area contributed by atoms with Crippen molar-refractivity contribution in [2.75, 3.05) is 18.1 Å². The molecule has 1 aromatic heterocycles. The van der Waals surface area contributed by atoms with Gasteiger partial charge in [-0.3, -0.25) is 0 Å². The lowest BCUT2D eigenvalue weighted by atomic mass is 9.99. The molecule has 4 heteroatoms. The average molecular weight is 297 g/mol. The zero-order valence-electron chi connectivity index (χ0n) is 11.8. The van der Waals surface area contributed by atoms with Crippen molar-refractivity contribution in [2.45, 2.75) is 51.5 Å². The molecule has 1 fully saturated rings. The third-order valence-corrected chi connectivity index (χ3v) is 6.61. The van der Waals surface area contributed by atoms with Gasteiger partial charge < -0.3 is 5.32 Å². The van der Waals surface area contributed by atoms with Crippen LogP contribution in [-0.4, -0.2) is 23.0 Å². The fraction of sp³-hybridized carbons (Fsp3) is 0.800. The summed E-state index contributed by atoms with van der Waals surface area (Å²) in [6, 6.07) is 0.519. The van der Waals surface area contributed by atoms with Gasteiger partial charge in [0.2, 0.25) is 0 Å². The Balaban J connectivity index is 1.79. The Kier molecular flexibility index (Phi) is 4.83. The van der Waals surface area contributed by atoms with Crippen LogP contribution in [0.15, 0.2) is 0 Å². The number of rotatable bonds is 5. The van der Waals surface area contributed by atoms with Crippen molar-refractivity contribution in [3.63, 3.8) is 0 Å². The monoisotopic (exact) mass is 296 g/mol. The predicted molar refractivity (Wildman–Crippen MR) is 85.2 cm³/mol. The first-order chi connectivity index (χ1) is 9.38. The third kappa shape index (κ3) is 3.17. The highest BCUT2D eigenvalue weighted by Gasteiger charge is 2.29. The highest BCUT2D eigenvalue weighted by Crippen LogP contribution is 2.38. The average Bonchev–Trinajstić information content (AvgIpc) is 3.08. The van der Waals surface area contributed by atoms with Gasteiger partial charge in [0.1, 0.15) is 5.01 Å². The van der Waals surface area contributed by atoms with Crippen molar-refractivity contribution < 1.29 is 0 Å². The Morgan fingerprint density at radius 1 is 1.37 bits per heavy atom. The summed E-state index contributed by atoms with van der Waals surface area (Å²) in [5, 5.41) is 5.15. The van der Waals surface area contributed by atoms with Crippen molar-refractivity contribution in [1.29, 1.82) is 0 Å². The Bertz CT molecular complexity index is 387. The summed E-state index contributed by atoms with van der Waals surface area (Å²) in [5.74, 6) is 3.44. The molecule has 3 rings (SSSR count). The molecular formula is C15H24N2S2. The van der Waals surface area contributed by atoms with E-state index in [1.54, 1.807) is 4.88 Å². The molecule has 0 radical (unpaired) electrons. The van der Waals surface area contributed by atoms with Crippen LogP contribution in [0.2, 0.25) is 0 Å². The summed E-state index contributed by atoms with van der Waals surface area (Å²) in [6.07, 6.45) is 7.75. The van der Waals surface area contributed by atoms with E-state index in [-0.39, 0.29) is 0 Å². The van der Waals surface area contributed by atoms with E-state index >= 15 is 0 Å². The lowest BCUT2D eigenvalue weighted by Gasteiger charge is -2.22. The van der Waals surface area contributed by atoms with E-state index in [0.29, 0.717) is 6.04 Å². The number of nitrogens with zero attached hydrogens (tertiary/aromatic N) is 1. The van der Waals surface area contributed by atoms with E-state index in [0.717, 1.165) is 12.5 Å². The first-order valence-electron chi connectivity index (χ1n) is 7.68. The number of fused-ring (bicyclic) bond motifs is 1. The van der Waals surface area contributed by atoms with Crippen LogP contribution in [0.4, 0.5) is 0 Å². The van der Waals surface area contributed by atoms with Crippen molar-refractivity contribution in [3.8, 4) is 0 Å². The zero-order chi connectivity index (χ0) is 13.1. The standard InChI is InChI=1S/C15H24N2S2/c1-2-8-16-14(11-7-9-18-10-11)15-17-12-5-3-4-6-13(12)19-15/h11,14,16H,2-10H2,1H3. The van der Waals surface area contributed by atoms with Crippen LogP contribution in [0, 0.1) is 5.92 Å². The minimum Gasteiger partial charge on any atom is -0.308 e. The van der Waals surface area contributed by atoms with Gasteiger partial charge in [0.25, 0.3) is 0 Å². The molecule has 2 nitrogen and oxygen atoms in total. The maximum atomic E-state index is 5.00. The van der Waals surface area contributed by atoms with Crippen LogP contribution in [0.1, 0.15) is 54.2 Å². The highest BCUT2D eigenvalue weighted by atomic mass is 32.2. The molecule has 0 amide bonds. The molecule has 2 unspecified atom stereocenters. The van der Waals surface area contributed by atoms with Gasteiger partial charge in [-0.25, -0.2) is 4.98 Å². The van der Waals surface area contributed by atoms with Crippen LogP contribution in [0.5, 0.6) is 0 Å². The molecule has 1 N–H and O–H groups in total. The van der Waals surface area contributed by atoms with Crippen molar-refractivity contribution in [2.24, 2.45) is 5.92 Å². The number of aryl methyl sites for hydroxylation is 2. The van der Waals surface area contributed by atoms with Crippen LogP contribution in [0.25, 0.3) is 0 Å². The van der Waals surface area contributed by atoms with Crippen molar-refractivity contribution in [1.82, 2.24) is 10.3 Å². The Labute approximate surface area is 124 Å². The quantitative estimate of drug-likeness (QED) is 0.894. The maximum absolute atomic E-state index is 5.00. The summed E-state index contributed by atoms with van der Waals surface area (Å²) in [6.45, 7) is 3.37. The number of nitrogens with one attached hydrogen (secondary N) is 1. The van der Waals surface area contributed by atoms with Gasteiger partial charge in [0.15, 0.2) is 0 Å². The Hall–Kier alpha value is -0.0600. The van der Waals surface area contributed by atoms with Crippen LogP contribution >= 0.6 is 23.1 Å². The molecule has 2 atom stereocenters. The van der Waals surface area contributed by atoms with Gasteiger partial charge in [-0.05, 0) is 62.5 Å². The Morgan fingerprint density at radius 3 is 3.00 bits per heavy atom. The lowest BCUT2D eigenvalue weighted by molar-refractivity contribution is 0.392. The van der Waals surface area contributed by atoms with Gasteiger partial charge in [0.05, 0.1) is 11.7 Å². The number of aromatic nitrogens is 1. The third-order valence-electron chi connectivity index (χ3n) is 4.18. The first kappa shape index (κ1) is 13.9. The number of thiazole rings is 1. The first-order valence-corrected chi connectivity index (χ1v) is 9.65. The molecular weight excluding hydrogens is 272 g/mol.